The molecular formula is C14H28N4. The summed E-state index contributed by atoms with van der Waals surface area (Å²) < 4.78 is 0. The average Bonchev–Trinajstić information content (AvgIpc) is 2.36. The Morgan fingerprint density at radius 3 is 1.61 bits per heavy atom. The second-order valence-electron chi connectivity index (χ2n) is 5.28. The van der Waals surface area contributed by atoms with Gasteiger partial charge in [-0.25, -0.2) is 0 Å². The van der Waals surface area contributed by atoms with Crippen molar-refractivity contribution in [3.05, 3.63) is 12.2 Å². The van der Waals surface area contributed by atoms with Gasteiger partial charge in [0.05, 0.1) is 0 Å². The first-order chi connectivity index (χ1) is 8.95. The van der Waals surface area contributed by atoms with Gasteiger partial charge in [0.15, 0.2) is 0 Å². The van der Waals surface area contributed by atoms with Crippen LogP contribution in [-0.4, -0.2) is 75.2 Å². The molecular weight excluding hydrogens is 224 g/mol. The van der Waals surface area contributed by atoms with Crippen LogP contribution in [0.5, 0.6) is 0 Å². The van der Waals surface area contributed by atoms with Gasteiger partial charge in [-0.1, -0.05) is 12.2 Å². The van der Waals surface area contributed by atoms with E-state index in [4.69, 9.17) is 0 Å². The van der Waals surface area contributed by atoms with Gasteiger partial charge in [-0.2, -0.15) is 0 Å². The fourth-order valence-corrected chi connectivity index (χ4v) is 2.62. The van der Waals surface area contributed by atoms with Gasteiger partial charge < -0.3 is 10.6 Å². The van der Waals surface area contributed by atoms with Crippen LogP contribution < -0.4 is 10.6 Å². The third kappa shape index (κ3) is 5.48. The molecule has 2 heterocycles. The van der Waals surface area contributed by atoms with Crippen LogP contribution in [0.4, 0.5) is 0 Å². The fraction of sp³-hybridized carbons (Fsp3) is 0.857. The van der Waals surface area contributed by atoms with Gasteiger partial charge in [0, 0.05) is 39.3 Å². The molecule has 2 atom stereocenters. The average molecular weight is 252 g/mol. The minimum atomic E-state index is 1.11. The summed E-state index contributed by atoms with van der Waals surface area (Å²) in [6, 6.07) is 0. The molecule has 0 saturated carbocycles. The highest BCUT2D eigenvalue weighted by atomic mass is 15.2. The second-order valence-corrected chi connectivity index (χ2v) is 5.28. The molecule has 0 spiro atoms. The summed E-state index contributed by atoms with van der Waals surface area (Å²) in [6.45, 7) is 11.5. The molecule has 0 fully saturated rings. The van der Waals surface area contributed by atoms with Crippen molar-refractivity contribution in [3.8, 4) is 0 Å². The summed E-state index contributed by atoms with van der Waals surface area (Å²) in [4.78, 5) is 5.11. The van der Waals surface area contributed by atoms with Crippen LogP contribution in [-0.2, 0) is 0 Å². The fourth-order valence-electron chi connectivity index (χ4n) is 2.62. The Morgan fingerprint density at radius 2 is 1.11 bits per heavy atom. The maximum absolute atomic E-state index is 3.56. The van der Waals surface area contributed by atoms with Gasteiger partial charge in [-0.05, 0) is 39.0 Å². The predicted octanol–water partition coefficient (Wildman–Crippen LogP) is 0.133. The number of hydrogen-bond acceptors (Lipinski definition) is 4. The highest BCUT2D eigenvalue weighted by Gasteiger charge is 2.07. The highest BCUT2D eigenvalue weighted by molar-refractivity contribution is 4.88. The van der Waals surface area contributed by atoms with Crippen LogP contribution in [0, 0.1) is 0 Å². The van der Waals surface area contributed by atoms with E-state index in [9.17, 15) is 0 Å². The zero-order valence-electron chi connectivity index (χ0n) is 11.5. The Labute approximate surface area is 111 Å². The van der Waals surface area contributed by atoms with E-state index in [1.807, 2.05) is 0 Å². The molecule has 4 nitrogen and oxygen atoms in total. The summed E-state index contributed by atoms with van der Waals surface area (Å²) in [5.74, 6) is 0. The molecule has 18 heavy (non-hydrogen) atoms. The zero-order valence-corrected chi connectivity index (χ0v) is 11.5. The van der Waals surface area contributed by atoms with Gasteiger partial charge in [0.1, 0.15) is 0 Å². The Balaban J connectivity index is 1.95. The SMILES string of the molecule is C1=CCN2CCCNCCN(C1)CCCNCC2. The smallest absolute Gasteiger partial charge is 0.0164 e. The maximum atomic E-state index is 3.56. The van der Waals surface area contributed by atoms with E-state index in [1.165, 1.54) is 39.0 Å². The second kappa shape index (κ2) is 8.64. The van der Waals surface area contributed by atoms with Crippen molar-refractivity contribution in [2.75, 3.05) is 65.4 Å². The number of nitrogens with zero attached hydrogens (tertiary/aromatic N) is 2. The van der Waals surface area contributed by atoms with Crippen molar-refractivity contribution in [2.45, 2.75) is 12.8 Å². The van der Waals surface area contributed by atoms with Gasteiger partial charge in [0.25, 0.3) is 0 Å². The minimum Gasteiger partial charge on any atom is -0.315 e. The quantitative estimate of drug-likeness (QED) is 0.600. The summed E-state index contributed by atoms with van der Waals surface area (Å²) >= 11 is 0. The van der Waals surface area contributed by atoms with Crippen LogP contribution >= 0.6 is 0 Å². The van der Waals surface area contributed by atoms with E-state index in [1.54, 1.807) is 0 Å². The maximum Gasteiger partial charge on any atom is 0.0164 e. The Kier molecular flexibility index (Phi) is 6.72. The standard InChI is InChI=1S/C14H28N4/c1-2-10-18-12-4-6-15-7-13-17(9-1)11-3-5-16-8-14-18/h1-2,15-16H,3-14H2. The number of rotatable bonds is 0. The molecule has 2 aliphatic heterocycles. The molecule has 0 aromatic rings. The lowest BCUT2D eigenvalue weighted by atomic mass is 10.3. The molecule has 2 aliphatic rings. The van der Waals surface area contributed by atoms with Crippen LogP contribution in [0.1, 0.15) is 12.8 Å². The molecule has 0 aromatic carbocycles. The van der Waals surface area contributed by atoms with Crippen molar-refractivity contribution in [1.29, 1.82) is 0 Å². The van der Waals surface area contributed by atoms with E-state index < -0.39 is 0 Å². The molecule has 2 bridgehead atoms. The molecule has 0 radical (unpaired) electrons. The first-order valence-corrected chi connectivity index (χ1v) is 7.46. The van der Waals surface area contributed by atoms with Gasteiger partial charge in [-0.15, -0.1) is 0 Å². The minimum absolute atomic E-state index is 1.11. The third-order valence-electron chi connectivity index (χ3n) is 3.76. The molecule has 2 N–H and O–H groups in total. The number of nitrogens with one attached hydrogen (secondary N) is 2. The van der Waals surface area contributed by atoms with E-state index in [2.05, 4.69) is 32.6 Å². The Morgan fingerprint density at radius 1 is 0.611 bits per heavy atom. The number of hydrogen-bond donors (Lipinski definition) is 2. The molecule has 2 unspecified atom stereocenters. The van der Waals surface area contributed by atoms with E-state index in [0.29, 0.717) is 0 Å². The first-order valence-electron chi connectivity index (χ1n) is 7.46. The lowest BCUT2D eigenvalue weighted by Gasteiger charge is -2.25. The van der Waals surface area contributed by atoms with Crippen molar-refractivity contribution in [1.82, 2.24) is 20.4 Å². The van der Waals surface area contributed by atoms with Crippen molar-refractivity contribution >= 4 is 0 Å². The monoisotopic (exact) mass is 252 g/mol. The summed E-state index contributed by atoms with van der Waals surface area (Å²) in [7, 11) is 0. The van der Waals surface area contributed by atoms with Crippen molar-refractivity contribution in [2.24, 2.45) is 0 Å². The van der Waals surface area contributed by atoms with Crippen LogP contribution in [0.25, 0.3) is 0 Å². The predicted molar refractivity (Wildman–Crippen MR) is 77.0 cm³/mol. The molecule has 0 amide bonds. The zero-order chi connectivity index (χ0) is 12.5. The van der Waals surface area contributed by atoms with Gasteiger partial charge >= 0.3 is 0 Å². The number of fused-ring (bicyclic) bond motifs is 4. The van der Waals surface area contributed by atoms with Crippen LogP contribution in [0.3, 0.4) is 0 Å². The summed E-state index contributed by atoms with van der Waals surface area (Å²) in [6.07, 6.45) is 7.22. The van der Waals surface area contributed by atoms with Crippen molar-refractivity contribution < 1.29 is 0 Å². The van der Waals surface area contributed by atoms with E-state index >= 15 is 0 Å². The first kappa shape index (κ1) is 14.0. The van der Waals surface area contributed by atoms with Crippen LogP contribution in [0.2, 0.25) is 0 Å². The van der Waals surface area contributed by atoms with Crippen LogP contribution in [0.15, 0.2) is 12.2 Å². The Bertz CT molecular complexity index is 202. The lowest BCUT2D eigenvalue weighted by molar-refractivity contribution is 0.266. The molecule has 0 aliphatic carbocycles. The normalized spacial score (nSPS) is 32.4. The summed E-state index contributed by atoms with van der Waals surface area (Å²) in [5, 5.41) is 7.13. The Hall–Kier alpha value is -0.420. The molecule has 104 valence electrons. The highest BCUT2D eigenvalue weighted by Crippen LogP contribution is 1.97. The van der Waals surface area contributed by atoms with Gasteiger partial charge in [-0.3, -0.25) is 9.80 Å². The van der Waals surface area contributed by atoms with E-state index in [-0.39, 0.29) is 0 Å². The van der Waals surface area contributed by atoms with Crippen molar-refractivity contribution in [3.63, 3.8) is 0 Å². The summed E-state index contributed by atoms with van der Waals surface area (Å²) in [5.41, 5.74) is 0. The topological polar surface area (TPSA) is 30.5 Å². The molecule has 0 aromatic heterocycles. The van der Waals surface area contributed by atoms with Gasteiger partial charge in [0.2, 0.25) is 0 Å². The molecule has 2 rings (SSSR count). The molecule has 4 heteroatoms. The largest absolute Gasteiger partial charge is 0.315 e. The lowest BCUT2D eigenvalue weighted by Crippen LogP contribution is -2.39. The third-order valence-corrected chi connectivity index (χ3v) is 3.76. The van der Waals surface area contributed by atoms with E-state index in [0.717, 1.165) is 39.3 Å². The molecule has 0 saturated heterocycles.